The van der Waals surface area contributed by atoms with E-state index in [0.29, 0.717) is 16.9 Å². The van der Waals surface area contributed by atoms with Crippen molar-refractivity contribution in [3.63, 3.8) is 0 Å². The third-order valence-electron chi connectivity index (χ3n) is 3.71. The summed E-state index contributed by atoms with van der Waals surface area (Å²) in [6.45, 7) is 0. The van der Waals surface area contributed by atoms with Crippen LogP contribution in [0, 0.1) is 0 Å². The zero-order valence-corrected chi connectivity index (χ0v) is 14.4. The topological polar surface area (TPSA) is 106 Å². The summed E-state index contributed by atoms with van der Waals surface area (Å²) < 4.78 is 6.09. The van der Waals surface area contributed by atoms with Crippen LogP contribution in [0.25, 0.3) is 16.9 Å². The molecule has 2 aromatic carbocycles. The smallest absolute Gasteiger partial charge is 0.427 e. The van der Waals surface area contributed by atoms with Gasteiger partial charge in [0.1, 0.15) is 5.69 Å². The maximum atomic E-state index is 11.2. The molecule has 0 saturated carbocycles. The van der Waals surface area contributed by atoms with E-state index in [1.165, 1.54) is 25.5 Å². The van der Waals surface area contributed by atoms with E-state index in [2.05, 4.69) is 20.4 Å². The molecule has 1 heterocycles. The van der Waals surface area contributed by atoms with Crippen molar-refractivity contribution >= 4 is 18.3 Å². The van der Waals surface area contributed by atoms with E-state index in [1.54, 1.807) is 23.0 Å². The summed E-state index contributed by atoms with van der Waals surface area (Å²) in [6.07, 6.45) is 2.53. The van der Waals surface area contributed by atoms with Crippen LogP contribution >= 0.6 is 0 Å². The monoisotopic (exact) mass is 364 g/mol. The lowest BCUT2D eigenvalue weighted by Crippen LogP contribution is -2.16. The molecule has 0 aliphatic carbocycles. The molecule has 0 bridgehead atoms. The number of nitrogens with zero attached hydrogens (tertiary/aromatic N) is 3. The average Bonchev–Trinajstić information content (AvgIpc) is 3.12. The second-order valence-electron chi connectivity index (χ2n) is 5.46. The van der Waals surface area contributed by atoms with Crippen molar-refractivity contribution in [3.05, 3.63) is 71.9 Å². The predicted octanol–water partition coefficient (Wildman–Crippen LogP) is 2.93. The van der Waals surface area contributed by atoms with Gasteiger partial charge in [-0.3, -0.25) is 0 Å². The lowest BCUT2D eigenvalue weighted by molar-refractivity contribution is 0.0697. The summed E-state index contributed by atoms with van der Waals surface area (Å²) in [7, 11) is 1.25. The fraction of sp³-hybridized carbons (Fsp3) is 0.0526. The molecule has 0 aliphatic rings. The van der Waals surface area contributed by atoms with Crippen molar-refractivity contribution in [2.45, 2.75) is 0 Å². The molecule has 136 valence electrons. The number of methoxy groups -OCH3 is 1. The SMILES string of the molecule is COC(=O)N/N=C/c1cn(-c2ccc(C(=O)O)cc2)nc1-c1ccccc1. The van der Waals surface area contributed by atoms with Gasteiger partial charge < -0.3 is 9.84 Å². The number of carbonyl (C=O) groups is 2. The molecule has 1 aromatic heterocycles. The first-order valence-electron chi connectivity index (χ1n) is 7.94. The zero-order valence-electron chi connectivity index (χ0n) is 14.4. The highest BCUT2D eigenvalue weighted by Crippen LogP contribution is 2.22. The van der Waals surface area contributed by atoms with Gasteiger partial charge in [0, 0.05) is 17.3 Å². The minimum atomic E-state index is -0.992. The first kappa shape index (κ1) is 17.9. The molecular weight excluding hydrogens is 348 g/mol. The summed E-state index contributed by atoms with van der Waals surface area (Å²) >= 11 is 0. The zero-order chi connectivity index (χ0) is 19.2. The van der Waals surface area contributed by atoms with Gasteiger partial charge in [0.05, 0.1) is 24.6 Å². The van der Waals surface area contributed by atoms with Gasteiger partial charge in [0.15, 0.2) is 0 Å². The highest BCUT2D eigenvalue weighted by molar-refractivity contribution is 5.89. The molecule has 8 heteroatoms. The van der Waals surface area contributed by atoms with Crippen LogP contribution in [0.5, 0.6) is 0 Å². The maximum absolute atomic E-state index is 11.2. The Bertz CT molecular complexity index is 979. The van der Waals surface area contributed by atoms with Crippen molar-refractivity contribution in [2.24, 2.45) is 5.10 Å². The lowest BCUT2D eigenvalue weighted by atomic mass is 10.1. The van der Waals surface area contributed by atoms with Gasteiger partial charge in [-0.2, -0.15) is 10.2 Å². The molecule has 0 atom stereocenters. The average molecular weight is 364 g/mol. The Kier molecular flexibility index (Phi) is 5.27. The summed E-state index contributed by atoms with van der Waals surface area (Å²) in [6, 6.07) is 15.8. The third-order valence-corrected chi connectivity index (χ3v) is 3.71. The molecule has 0 unspecified atom stereocenters. The number of carboxylic acid groups (broad SMARTS) is 1. The standard InChI is InChI=1S/C19H16N4O4/c1-27-19(26)21-20-11-15-12-23(16-9-7-14(8-10-16)18(24)25)22-17(15)13-5-3-2-4-6-13/h2-12H,1H3,(H,21,26)(H,24,25)/b20-11+. The first-order chi connectivity index (χ1) is 13.1. The Morgan fingerprint density at radius 2 is 1.85 bits per heavy atom. The largest absolute Gasteiger partial charge is 0.478 e. The van der Waals surface area contributed by atoms with E-state index >= 15 is 0 Å². The minimum Gasteiger partial charge on any atom is -0.478 e. The van der Waals surface area contributed by atoms with Crippen molar-refractivity contribution < 1.29 is 19.4 Å². The summed E-state index contributed by atoms with van der Waals surface area (Å²) in [5.74, 6) is -0.992. The van der Waals surface area contributed by atoms with Crippen LogP contribution < -0.4 is 5.43 Å². The van der Waals surface area contributed by atoms with E-state index in [0.717, 1.165) is 5.56 Å². The van der Waals surface area contributed by atoms with Gasteiger partial charge in [-0.1, -0.05) is 30.3 Å². The van der Waals surface area contributed by atoms with Gasteiger partial charge in [0.2, 0.25) is 0 Å². The summed E-state index contributed by atoms with van der Waals surface area (Å²) in [4.78, 5) is 22.2. The Labute approximate surface area is 154 Å². The molecule has 1 amide bonds. The Morgan fingerprint density at radius 1 is 1.15 bits per heavy atom. The van der Waals surface area contributed by atoms with E-state index in [1.807, 2.05) is 30.3 Å². The fourth-order valence-electron chi connectivity index (χ4n) is 2.39. The lowest BCUT2D eigenvalue weighted by Gasteiger charge is -2.02. The summed E-state index contributed by atoms with van der Waals surface area (Å²) in [5.41, 5.74) is 5.32. The number of hydrogen-bond acceptors (Lipinski definition) is 5. The molecule has 3 aromatic rings. The highest BCUT2D eigenvalue weighted by atomic mass is 16.5. The Hall–Kier alpha value is -3.94. The molecule has 0 radical (unpaired) electrons. The number of carboxylic acids is 1. The van der Waals surface area contributed by atoms with Crippen LogP contribution in [-0.4, -0.2) is 40.3 Å². The first-order valence-corrected chi connectivity index (χ1v) is 7.94. The molecule has 3 rings (SSSR count). The summed E-state index contributed by atoms with van der Waals surface area (Å²) in [5, 5.41) is 17.5. The molecule has 0 fully saturated rings. The molecular formula is C19H16N4O4. The van der Waals surface area contributed by atoms with Crippen molar-refractivity contribution in [3.8, 4) is 16.9 Å². The third kappa shape index (κ3) is 4.18. The van der Waals surface area contributed by atoms with E-state index in [4.69, 9.17) is 5.11 Å². The minimum absolute atomic E-state index is 0.193. The second-order valence-corrected chi connectivity index (χ2v) is 5.46. The Morgan fingerprint density at radius 3 is 2.48 bits per heavy atom. The van der Waals surface area contributed by atoms with Gasteiger partial charge in [0.25, 0.3) is 0 Å². The molecule has 0 aliphatic heterocycles. The van der Waals surface area contributed by atoms with E-state index < -0.39 is 12.1 Å². The second kappa shape index (κ2) is 7.96. The van der Waals surface area contributed by atoms with Crippen LogP contribution in [0.15, 0.2) is 65.9 Å². The maximum Gasteiger partial charge on any atom is 0.427 e. The van der Waals surface area contributed by atoms with Gasteiger partial charge >= 0.3 is 12.1 Å². The van der Waals surface area contributed by atoms with Crippen LogP contribution in [0.1, 0.15) is 15.9 Å². The van der Waals surface area contributed by atoms with Gasteiger partial charge in [-0.25, -0.2) is 19.7 Å². The number of hydrogen-bond donors (Lipinski definition) is 2. The van der Waals surface area contributed by atoms with Crippen molar-refractivity contribution in [1.82, 2.24) is 15.2 Å². The van der Waals surface area contributed by atoms with Crippen molar-refractivity contribution in [2.75, 3.05) is 7.11 Å². The van der Waals surface area contributed by atoms with Crippen molar-refractivity contribution in [1.29, 1.82) is 0 Å². The number of nitrogens with one attached hydrogen (secondary N) is 1. The van der Waals surface area contributed by atoms with Crippen LogP contribution in [0.4, 0.5) is 4.79 Å². The normalized spacial score (nSPS) is 10.7. The number of carbonyl (C=O) groups excluding carboxylic acids is 1. The quantitative estimate of drug-likeness (QED) is 0.535. The van der Waals surface area contributed by atoms with Gasteiger partial charge in [-0.05, 0) is 24.3 Å². The Balaban J connectivity index is 1.98. The number of rotatable bonds is 5. The predicted molar refractivity (Wildman–Crippen MR) is 99.1 cm³/mol. The number of aromatic nitrogens is 2. The van der Waals surface area contributed by atoms with Crippen LogP contribution in [0.3, 0.4) is 0 Å². The van der Waals surface area contributed by atoms with Gasteiger partial charge in [-0.15, -0.1) is 0 Å². The fourth-order valence-corrected chi connectivity index (χ4v) is 2.39. The van der Waals surface area contributed by atoms with E-state index in [-0.39, 0.29) is 5.56 Å². The van der Waals surface area contributed by atoms with E-state index in [9.17, 15) is 9.59 Å². The van der Waals surface area contributed by atoms with Crippen LogP contribution in [0.2, 0.25) is 0 Å². The molecule has 0 saturated heterocycles. The molecule has 8 nitrogen and oxygen atoms in total. The number of aromatic carboxylic acids is 1. The number of amides is 1. The number of benzene rings is 2. The number of ether oxygens (including phenoxy) is 1. The van der Waals surface area contributed by atoms with Crippen LogP contribution in [-0.2, 0) is 4.74 Å². The number of hydrazone groups is 1. The molecule has 2 N–H and O–H groups in total. The highest BCUT2D eigenvalue weighted by Gasteiger charge is 2.11. The molecule has 27 heavy (non-hydrogen) atoms. The molecule has 0 spiro atoms.